The van der Waals surface area contributed by atoms with Crippen molar-refractivity contribution in [3.05, 3.63) is 42.6 Å². The average Bonchev–Trinajstić information content (AvgIpc) is 3.06. The van der Waals surface area contributed by atoms with Gasteiger partial charge in [-0.2, -0.15) is 0 Å². The lowest BCUT2D eigenvalue weighted by atomic mass is 10.1. The van der Waals surface area contributed by atoms with Crippen molar-refractivity contribution in [3.8, 4) is 11.1 Å². The Morgan fingerprint density at radius 1 is 1.53 bits per heavy atom. The van der Waals surface area contributed by atoms with Crippen molar-refractivity contribution in [3.63, 3.8) is 0 Å². The Morgan fingerprint density at radius 3 is 3.16 bits per heavy atom. The van der Waals surface area contributed by atoms with Gasteiger partial charge in [0.2, 0.25) is 0 Å². The maximum atomic E-state index is 11.7. The molecule has 0 bridgehead atoms. The van der Waals surface area contributed by atoms with Gasteiger partial charge in [-0.3, -0.25) is 0 Å². The van der Waals surface area contributed by atoms with Gasteiger partial charge in [-0.1, -0.05) is 0 Å². The van der Waals surface area contributed by atoms with E-state index in [4.69, 9.17) is 9.15 Å². The molecular formula is C14H12N2O3. The summed E-state index contributed by atoms with van der Waals surface area (Å²) in [7, 11) is 0. The summed E-state index contributed by atoms with van der Waals surface area (Å²) < 4.78 is 10.1. The molecule has 0 saturated carbocycles. The fourth-order valence-corrected chi connectivity index (χ4v) is 1.99. The molecule has 0 saturated heterocycles. The Balaban J connectivity index is 2.11. The number of aromatic amines is 1. The van der Waals surface area contributed by atoms with Gasteiger partial charge in [0.15, 0.2) is 0 Å². The Bertz CT molecular complexity index is 713. The largest absolute Gasteiger partial charge is 0.472 e. The van der Waals surface area contributed by atoms with Gasteiger partial charge in [-0.15, -0.1) is 0 Å². The predicted molar refractivity (Wildman–Crippen MR) is 69.8 cm³/mol. The molecule has 3 aromatic heterocycles. The highest BCUT2D eigenvalue weighted by molar-refractivity contribution is 5.98. The van der Waals surface area contributed by atoms with Gasteiger partial charge < -0.3 is 14.1 Å². The van der Waals surface area contributed by atoms with E-state index in [9.17, 15) is 4.79 Å². The molecule has 0 atom stereocenters. The van der Waals surface area contributed by atoms with Crippen molar-refractivity contribution in [1.29, 1.82) is 0 Å². The van der Waals surface area contributed by atoms with E-state index in [-0.39, 0.29) is 5.97 Å². The van der Waals surface area contributed by atoms with Crippen LogP contribution in [0.2, 0.25) is 0 Å². The van der Waals surface area contributed by atoms with E-state index in [0.717, 1.165) is 22.2 Å². The van der Waals surface area contributed by atoms with E-state index in [1.807, 2.05) is 12.3 Å². The second-order valence-electron chi connectivity index (χ2n) is 4.06. The van der Waals surface area contributed by atoms with Crippen LogP contribution >= 0.6 is 0 Å². The van der Waals surface area contributed by atoms with Crippen molar-refractivity contribution in [2.24, 2.45) is 0 Å². The third-order valence-corrected chi connectivity index (χ3v) is 2.87. The second kappa shape index (κ2) is 4.61. The monoisotopic (exact) mass is 256 g/mol. The summed E-state index contributed by atoms with van der Waals surface area (Å²) in [6.45, 7) is 2.12. The zero-order valence-corrected chi connectivity index (χ0v) is 10.3. The van der Waals surface area contributed by atoms with Crippen LogP contribution in [0.3, 0.4) is 0 Å². The number of rotatable bonds is 3. The van der Waals surface area contributed by atoms with Crippen LogP contribution < -0.4 is 0 Å². The molecule has 0 aromatic carbocycles. The van der Waals surface area contributed by atoms with Gasteiger partial charge in [0, 0.05) is 28.9 Å². The number of nitrogens with zero attached hydrogens (tertiary/aromatic N) is 1. The molecule has 3 rings (SSSR count). The van der Waals surface area contributed by atoms with E-state index in [2.05, 4.69) is 9.97 Å². The molecule has 19 heavy (non-hydrogen) atoms. The number of fused-ring (bicyclic) bond motifs is 1. The van der Waals surface area contributed by atoms with E-state index < -0.39 is 0 Å². The topological polar surface area (TPSA) is 68.1 Å². The van der Waals surface area contributed by atoms with E-state index >= 15 is 0 Å². The molecule has 1 N–H and O–H groups in total. The molecule has 0 unspecified atom stereocenters. The Morgan fingerprint density at radius 2 is 2.42 bits per heavy atom. The van der Waals surface area contributed by atoms with E-state index in [1.165, 1.54) is 6.20 Å². The maximum absolute atomic E-state index is 11.7. The van der Waals surface area contributed by atoms with Crippen LogP contribution in [0.5, 0.6) is 0 Å². The summed E-state index contributed by atoms with van der Waals surface area (Å²) in [6, 6.07) is 3.64. The molecule has 3 aromatic rings. The molecule has 5 nitrogen and oxygen atoms in total. The molecule has 0 aliphatic carbocycles. The second-order valence-corrected chi connectivity index (χ2v) is 4.06. The Hall–Kier alpha value is -2.56. The fraction of sp³-hybridized carbons (Fsp3) is 0.143. The van der Waals surface area contributed by atoms with Crippen LogP contribution in [-0.4, -0.2) is 22.5 Å². The van der Waals surface area contributed by atoms with Gasteiger partial charge >= 0.3 is 5.97 Å². The van der Waals surface area contributed by atoms with E-state index in [0.29, 0.717) is 12.2 Å². The number of pyridine rings is 1. The normalized spacial score (nSPS) is 10.8. The van der Waals surface area contributed by atoms with Crippen LogP contribution in [0.4, 0.5) is 0 Å². The molecule has 0 spiro atoms. The third kappa shape index (κ3) is 1.99. The number of hydrogen-bond donors (Lipinski definition) is 1. The smallest absolute Gasteiger partial charge is 0.339 e. The molecule has 3 heterocycles. The first-order chi connectivity index (χ1) is 9.29. The van der Waals surface area contributed by atoms with Crippen molar-refractivity contribution < 1.29 is 13.9 Å². The van der Waals surface area contributed by atoms with Gasteiger partial charge in [-0.25, -0.2) is 9.78 Å². The minimum atomic E-state index is -0.365. The first kappa shape index (κ1) is 11.5. The van der Waals surface area contributed by atoms with Crippen molar-refractivity contribution in [2.45, 2.75) is 6.92 Å². The average molecular weight is 256 g/mol. The van der Waals surface area contributed by atoms with Crippen LogP contribution in [0.1, 0.15) is 17.3 Å². The lowest BCUT2D eigenvalue weighted by Crippen LogP contribution is -2.04. The van der Waals surface area contributed by atoms with Crippen molar-refractivity contribution >= 4 is 17.0 Å². The number of carbonyl (C=O) groups is 1. The molecule has 5 heteroatoms. The number of H-pyrrole nitrogens is 1. The minimum absolute atomic E-state index is 0.346. The molecule has 0 radical (unpaired) electrons. The number of carbonyl (C=O) groups excluding carboxylic acids is 1. The summed E-state index contributed by atoms with van der Waals surface area (Å²) >= 11 is 0. The van der Waals surface area contributed by atoms with Gasteiger partial charge in [0.25, 0.3) is 0 Å². The fourth-order valence-electron chi connectivity index (χ4n) is 1.99. The SMILES string of the molecule is CCOC(=O)c1cnc2[nH]cc(-c3ccoc3)c2c1. The van der Waals surface area contributed by atoms with Crippen LogP contribution in [0, 0.1) is 0 Å². The number of hydrogen-bond acceptors (Lipinski definition) is 4. The van der Waals surface area contributed by atoms with Gasteiger partial charge in [0.1, 0.15) is 5.65 Å². The van der Waals surface area contributed by atoms with Crippen LogP contribution in [0.25, 0.3) is 22.2 Å². The standard InChI is InChI=1S/C14H12N2O3/c1-2-19-14(17)10-5-11-12(9-3-4-18-8-9)7-16-13(11)15-6-10/h3-8H,2H2,1H3,(H,15,16). The van der Waals surface area contributed by atoms with Gasteiger partial charge in [-0.05, 0) is 19.1 Å². The Labute approximate surface area is 109 Å². The predicted octanol–water partition coefficient (Wildman–Crippen LogP) is 3.00. The summed E-state index contributed by atoms with van der Waals surface area (Å²) in [5, 5.41) is 0.868. The number of aromatic nitrogens is 2. The highest BCUT2D eigenvalue weighted by atomic mass is 16.5. The molecule has 0 amide bonds. The first-order valence-electron chi connectivity index (χ1n) is 5.96. The van der Waals surface area contributed by atoms with Crippen LogP contribution in [0.15, 0.2) is 41.5 Å². The molecule has 0 aliphatic rings. The molecular weight excluding hydrogens is 244 g/mol. The number of esters is 1. The zero-order valence-electron chi connectivity index (χ0n) is 10.3. The first-order valence-corrected chi connectivity index (χ1v) is 5.96. The lowest BCUT2D eigenvalue weighted by molar-refractivity contribution is 0.0526. The zero-order chi connectivity index (χ0) is 13.2. The summed E-state index contributed by atoms with van der Waals surface area (Å²) in [6.07, 6.45) is 6.61. The quantitative estimate of drug-likeness (QED) is 0.731. The van der Waals surface area contributed by atoms with E-state index in [1.54, 1.807) is 25.5 Å². The minimum Gasteiger partial charge on any atom is -0.472 e. The highest BCUT2D eigenvalue weighted by Gasteiger charge is 2.12. The molecule has 0 aliphatic heterocycles. The Kier molecular flexibility index (Phi) is 2.79. The number of nitrogens with one attached hydrogen (secondary N) is 1. The maximum Gasteiger partial charge on any atom is 0.339 e. The summed E-state index contributed by atoms with van der Waals surface area (Å²) in [5.41, 5.74) is 3.06. The van der Waals surface area contributed by atoms with Crippen molar-refractivity contribution in [2.75, 3.05) is 6.61 Å². The summed E-state index contributed by atoms with van der Waals surface area (Å²) in [5.74, 6) is -0.365. The molecule has 0 fully saturated rings. The third-order valence-electron chi connectivity index (χ3n) is 2.87. The number of furan rings is 1. The summed E-state index contributed by atoms with van der Waals surface area (Å²) in [4.78, 5) is 19.0. The molecule has 96 valence electrons. The lowest BCUT2D eigenvalue weighted by Gasteiger charge is -2.01. The van der Waals surface area contributed by atoms with Crippen molar-refractivity contribution in [1.82, 2.24) is 9.97 Å². The van der Waals surface area contributed by atoms with Gasteiger partial charge in [0.05, 0.1) is 24.7 Å². The number of ether oxygens (including phenoxy) is 1. The van der Waals surface area contributed by atoms with Crippen LogP contribution in [-0.2, 0) is 4.74 Å². The highest BCUT2D eigenvalue weighted by Crippen LogP contribution is 2.28.